The van der Waals surface area contributed by atoms with E-state index in [2.05, 4.69) is 17.2 Å². The lowest BCUT2D eigenvalue weighted by atomic mass is 10.1. The molecule has 6 heteroatoms. The molecule has 4 aromatic rings. The molecule has 0 atom stereocenters. The number of carbonyl (C=O) groups is 1. The van der Waals surface area contributed by atoms with Gasteiger partial charge in [0.25, 0.3) is 5.56 Å². The predicted molar refractivity (Wildman–Crippen MR) is 106 cm³/mol. The summed E-state index contributed by atoms with van der Waals surface area (Å²) in [5.74, 6) is -0.130. The molecule has 1 aromatic carbocycles. The van der Waals surface area contributed by atoms with Crippen LogP contribution in [-0.4, -0.2) is 19.9 Å². The van der Waals surface area contributed by atoms with E-state index in [4.69, 9.17) is 0 Å². The van der Waals surface area contributed by atoms with Gasteiger partial charge in [0.2, 0.25) is 5.91 Å². The highest BCUT2D eigenvalue weighted by Crippen LogP contribution is 2.14. The molecule has 4 rings (SSSR count). The monoisotopic (exact) mass is 360 g/mol. The molecule has 0 saturated carbocycles. The molecule has 0 spiro atoms. The van der Waals surface area contributed by atoms with E-state index in [9.17, 15) is 9.59 Å². The maximum atomic E-state index is 12.8. The summed E-state index contributed by atoms with van der Waals surface area (Å²) in [6.07, 6.45) is 4.61. The number of carbonyl (C=O) groups excluding carboxylic acids is 1. The number of nitrogens with zero attached hydrogens (tertiary/aromatic N) is 3. The van der Waals surface area contributed by atoms with Gasteiger partial charge in [-0.25, -0.2) is 4.98 Å². The van der Waals surface area contributed by atoms with E-state index >= 15 is 0 Å². The number of anilines is 1. The minimum atomic E-state index is -0.146. The lowest BCUT2D eigenvalue weighted by Gasteiger charge is -2.12. The fourth-order valence-electron chi connectivity index (χ4n) is 3.30. The van der Waals surface area contributed by atoms with Crippen molar-refractivity contribution >= 4 is 28.3 Å². The van der Waals surface area contributed by atoms with Crippen molar-refractivity contribution in [2.24, 2.45) is 0 Å². The highest BCUT2D eigenvalue weighted by molar-refractivity contribution is 5.90. The number of benzene rings is 1. The van der Waals surface area contributed by atoms with Crippen molar-refractivity contribution in [3.8, 4) is 0 Å². The Balaban J connectivity index is 1.60. The molecular formula is C21H20N4O2. The molecule has 0 unspecified atom stereocenters. The highest BCUT2D eigenvalue weighted by Gasteiger charge is 2.12. The zero-order valence-electron chi connectivity index (χ0n) is 15.1. The van der Waals surface area contributed by atoms with Gasteiger partial charge in [-0.15, -0.1) is 0 Å². The van der Waals surface area contributed by atoms with E-state index in [-0.39, 0.29) is 24.4 Å². The van der Waals surface area contributed by atoms with E-state index in [1.165, 1.54) is 0 Å². The molecule has 6 nitrogen and oxygen atoms in total. The summed E-state index contributed by atoms with van der Waals surface area (Å²) in [5, 5.41) is 2.91. The van der Waals surface area contributed by atoms with Crippen LogP contribution in [0.2, 0.25) is 0 Å². The van der Waals surface area contributed by atoms with Gasteiger partial charge in [0.1, 0.15) is 5.52 Å². The predicted octanol–water partition coefficient (Wildman–Crippen LogP) is 3.24. The Bertz CT molecular complexity index is 1190. The zero-order chi connectivity index (χ0) is 18.8. The molecule has 0 aliphatic heterocycles. The molecule has 0 fully saturated rings. The SMILES string of the molecule is CCc1cccc(NC(=O)CCn2c(=O)c3cccn3c3cccnc32)c1. The first-order valence-corrected chi connectivity index (χ1v) is 9.01. The third kappa shape index (κ3) is 3.21. The third-order valence-corrected chi connectivity index (χ3v) is 4.68. The minimum Gasteiger partial charge on any atom is -0.326 e. The minimum absolute atomic E-state index is 0.130. The van der Waals surface area contributed by atoms with Crippen molar-refractivity contribution in [3.05, 3.63) is 76.8 Å². The molecule has 0 bridgehead atoms. The smallest absolute Gasteiger partial charge is 0.276 e. The van der Waals surface area contributed by atoms with Gasteiger partial charge in [0, 0.05) is 31.0 Å². The van der Waals surface area contributed by atoms with Gasteiger partial charge in [-0.05, 0) is 48.4 Å². The lowest BCUT2D eigenvalue weighted by Crippen LogP contribution is -2.25. The van der Waals surface area contributed by atoms with E-state index in [0.29, 0.717) is 11.2 Å². The van der Waals surface area contributed by atoms with Crippen molar-refractivity contribution in [3.63, 3.8) is 0 Å². The molecule has 0 saturated heterocycles. The van der Waals surface area contributed by atoms with Crippen molar-refractivity contribution in [2.75, 3.05) is 5.32 Å². The number of aromatic nitrogens is 3. The van der Waals surface area contributed by atoms with Crippen molar-refractivity contribution in [1.29, 1.82) is 0 Å². The third-order valence-electron chi connectivity index (χ3n) is 4.68. The van der Waals surface area contributed by atoms with Crippen LogP contribution >= 0.6 is 0 Å². The van der Waals surface area contributed by atoms with Crippen LogP contribution in [0.3, 0.4) is 0 Å². The Hall–Kier alpha value is -3.41. The Morgan fingerprint density at radius 2 is 1.96 bits per heavy atom. The summed E-state index contributed by atoms with van der Waals surface area (Å²) in [5.41, 5.74) is 3.79. The normalized spacial score (nSPS) is 11.1. The maximum Gasteiger partial charge on any atom is 0.276 e. The Kier molecular flexibility index (Phi) is 4.46. The molecule has 1 amide bonds. The molecular weight excluding hydrogens is 340 g/mol. The standard InChI is InChI=1S/C21H20N4O2/c1-2-15-6-3-7-16(14-15)23-19(26)10-13-25-20-17(8-4-11-22-20)24-12-5-9-18(24)21(25)27/h3-9,11-12,14H,2,10,13H2,1H3,(H,23,26). The van der Waals surface area contributed by atoms with Crippen LogP contribution < -0.4 is 10.9 Å². The molecule has 27 heavy (non-hydrogen) atoms. The summed E-state index contributed by atoms with van der Waals surface area (Å²) in [4.78, 5) is 29.6. The summed E-state index contributed by atoms with van der Waals surface area (Å²) >= 11 is 0. The zero-order valence-corrected chi connectivity index (χ0v) is 15.1. The Labute approximate surface area is 156 Å². The van der Waals surface area contributed by atoms with Gasteiger partial charge in [-0.1, -0.05) is 19.1 Å². The van der Waals surface area contributed by atoms with Gasteiger partial charge < -0.3 is 9.72 Å². The van der Waals surface area contributed by atoms with Crippen LogP contribution in [0, 0.1) is 0 Å². The van der Waals surface area contributed by atoms with Gasteiger partial charge in [-0.3, -0.25) is 14.2 Å². The number of pyridine rings is 1. The van der Waals surface area contributed by atoms with Crippen molar-refractivity contribution in [1.82, 2.24) is 14.0 Å². The lowest BCUT2D eigenvalue weighted by molar-refractivity contribution is -0.116. The molecule has 3 heterocycles. The number of aryl methyl sites for hydroxylation is 2. The second-order valence-corrected chi connectivity index (χ2v) is 6.42. The Morgan fingerprint density at radius 1 is 1.11 bits per heavy atom. The van der Waals surface area contributed by atoms with Crippen LogP contribution in [0.15, 0.2) is 65.7 Å². The van der Waals surface area contributed by atoms with Crippen LogP contribution in [0.4, 0.5) is 5.69 Å². The second kappa shape index (κ2) is 7.07. The molecule has 0 aliphatic rings. The maximum absolute atomic E-state index is 12.8. The Morgan fingerprint density at radius 3 is 2.81 bits per heavy atom. The van der Waals surface area contributed by atoms with Crippen molar-refractivity contribution in [2.45, 2.75) is 26.3 Å². The number of nitrogens with one attached hydrogen (secondary N) is 1. The number of fused-ring (bicyclic) bond motifs is 3. The quantitative estimate of drug-likeness (QED) is 0.594. The van der Waals surface area contributed by atoms with Gasteiger partial charge in [0.05, 0.1) is 5.52 Å². The second-order valence-electron chi connectivity index (χ2n) is 6.42. The van der Waals surface area contributed by atoms with Gasteiger partial charge in [-0.2, -0.15) is 0 Å². The summed E-state index contributed by atoms with van der Waals surface area (Å²) < 4.78 is 3.41. The molecule has 0 radical (unpaired) electrons. The van der Waals surface area contributed by atoms with Crippen LogP contribution in [0.5, 0.6) is 0 Å². The van der Waals surface area contributed by atoms with Crippen molar-refractivity contribution < 1.29 is 4.79 Å². The van der Waals surface area contributed by atoms with Gasteiger partial charge in [0.15, 0.2) is 5.65 Å². The summed E-state index contributed by atoms with van der Waals surface area (Å²) in [7, 11) is 0. The fraction of sp³-hybridized carbons (Fsp3) is 0.190. The average Bonchev–Trinajstić information content (AvgIpc) is 3.18. The molecule has 136 valence electrons. The first-order chi connectivity index (χ1) is 13.2. The van der Waals surface area contributed by atoms with E-state index in [0.717, 1.165) is 23.2 Å². The number of amides is 1. The van der Waals surface area contributed by atoms with Crippen LogP contribution in [0.1, 0.15) is 18.9 Å². The summed E-state index contributed by atoms with van der Waals surface area (Å²) in [6, 6.07) is 15.2. The first-order valence-electron chi connectivity index (χ1n) is 9.01. The largest absolute Gasteiger partial charge is 0.326 e. The van der Waals surface area contributed by atoms with Gasteiger partial charge >= 0.3 is 0 Å². The topological polar surface area (TPSA) is 68.4 Å². The fourth-order valence-corrected chi connectivity index (χ4v) is 3.30. The van der Waals surface area contributed by atoms with E-state index in [1.54, 1.807) is 16.8 Å². The van der Waals surface area contributed by atoms with E-state index < -0.39 is 0 Å². The highest BCUT2D eigenvalue weighted by atomic mass is 16.2. The van der Waals surface area contributed by atoms with E-state index in [1.807, 2.05) is 53.1 Å². The number of hydrogen-bond acceptors (Lipinski definition) is 3. The average molecular weight is 360 g/mol. The molecule has 3 aromatic heterocycles. The first kappa shape index (κ1) is 17.0. The van der Waals surface area contributed by atoms with Crippen LogP contribution in [0.25, 0.3) is 16.7 Å². The number of hydrogen-bond donors (Lipinski definition) is 1. The van der Waals surface area contributed by atoms with Crippen LogP contribution in [-0.2, 0) is 17.8 Å². The molecule has 1 N–H and O–H groups in total. The summed E-state index contributed by atoms with van der Waals surface area (Å²) in [6.45, 7) is 2.34. The number of rotatable bonds is 5. The molecule has 0 aliphatic carbocycles.